The zero-order valence-corrected chi connectivity index (χ0v) is 17.7. The third-order valence-corrected chi connectivity index (χ3v) is 5.92. The number of amides is 1. The van der Waals surface area contributed by atoms with Crippen molar-refractivity contribution in [2.45, 2.75) is 19.9 Å². The van der Waals surface area contributed by atoms with Gasteiger partial charge in [-0.1, -0.05) is 29.8 Å². The Balaban J connectivity index is 1.69. The maximum absolute atomic E-state index is 13.3. The molecule has 1 atom stereocenters. The number of carbonyl (C=O) groups excluding carboxylic acids is 1. The Kier molecular flexibility index (Phi) is 5.37. The summed E-state index contributed by atoms with van der Waals surface area (Å²) < 4.78 is 6.59. The molecule has 0 aliphatic carbocycles. The van der Waals surface area contributed by atoms with E-state index < -0.39 is 6.04 Å². The van der Waals surface area contributed by atoms with Crippen LogP contribution in [0.15, 0.2) is 65.0 Å². The van der Waals surface area contributed by atoms with Gasteiger partial charge in [0.15, 0.2) is 0 Å². The number of fused-ring (bicyclic) bond motifs is 1. The molecule has 2 aromatic heterocycles. The highest BCUT2D eigenvalue weighted by Crippen LogP contribution is 2.31. The molecule has 4 aromatic rings. The molecular weight excluding hydrogens is 398 g/mol. The molecule has 0 spiro atoms. The molecule has 0 aliphatic rings. The summed E-state index contributed by atoms with van der Waals surface area (Å²) in [7, 11) is 1.61. The number of anilines is 1. The van der Waals surface area contributed by atoms with Crippen LogP contribution in [0.1, 0.15) is 18.5 Å². The number of aromatic nitrogens is 2. The van der Waals surface area contributed by atoms with Crippen LogP contribution in [0, 0.1) is 6.92 Å². The molecule has 0 radical (unpaired) electrons. The molecule has 2 heterocycles. The Morgan fingerprint density at radius 2 is 1.83 bits per heavy atom. The number of benzene rings is 2. The highest BCUT2D eigenvalue weighted by atomic mass is 32.1. The van der Waals surface area contributed by atoms with Crippen LogP contribution >= 0.6 is 11.3 Å². The molecule has 2 aromatic carbocycles. The van der Waals surface area contributed by atoms with E-state index in [-0.39, 0.29) is 11.5 Å². The maximum atomic E-state index is 13.3. The van der Waals surface area contributed by atoms with Crippen LogP contribution < -0.4 is 15.6 Å². The lowest BCUT2D eigenvalue weighted by Gasteiger charge is -2.15. The minimum atomic E-state index is -0.709. The average Bonchev–Trinajstić information content (AvgIpc) is 3.20. The summed E-state index contributed by atoms with van der Waals surface area (Å²) in [5.41, 5.74) is 3.26. The minimum absolute atomic E-state index is 0.237. The van der Waals surface area contributed by atoms with Gasteiger partial charge in [-0.2, -0.15) is 0 Å². The summed E-state index contributed by atoms with van der Waals surface area (Å²) in [6.45, 7) is 3.67. The second-order valence-electron chi connectivity index (χ2n) is 7.05. The van der Waals surface area contributed by atoms with E-state index in [0.717, 1.165) is 22.4 Å². The third kappa shape index (κ3) is 3.71. The van der Waals surface area contributed by atoms with Gasteiger partial charge in [-0.05, 0) is 43.7 Å². The second kappa shape index (κ2) is 8.12. The van der Waals surface area contributed by atoms with E-state index in [0.29, 0.717) is 15.9 Å². The van der Waals surface area contributed by atoms with Gasteiger partial charge in [-0.15, -0.1) is 11.3 Å². The molecule has 0 saturated heterocycles. The number of ether oxygens (including phenoxy) is 1. The average molecular weight is 420 g/mol. The molecule has 0 unspecified atom stereocenters. The molecule has 152 valence electrons. The van der Waals surface area contributed by atoms with Gasteiger partial charge in [-0.25, -0.2) is 4.98 Å². The summed E-state index contributed by atoms with van der Waals surface area (Å²) in [6.07, 6.45) is 1.44. The third-order valence-electron chi connectivity index (χ3n) is 5.04. The van der Waals surface area contributed by atoms with Gasteiger partial charge in [0.1, 0.15) is 16.6 Å². The van der Waals surface area contributed by atoms with Crippen molar-refractivity contribution in [2.75, 3.05) is 12.4 Å². The highest BCUT2D eigenvalue weighted by Gasteiger charge is 2.20. The molecule has 0 bridgehead atoms. The standard InChI is InChI=1S/C23H21N3O3S/c1-14-4-8-17(9-5-14)25-21(27)15(2)26-13-24-22-20(23(26)28)19(12-30-22)16-6-10-18(29-3)11-7-16/h4-13,15H,1-3H3,(H,25,27)/t15-/m1/s1. The predicted octanol–water partition coefficient (Wildman–Crippen LogP) is 4.64. The number of hydrogen-bond donors (Lipinski definition) is 1. The minimum Gasteiger partial charge on any atom is -0.497 e. The normalized spacial score (nSPS) is 12.0. The van der Waals surface area contributed by atoms with E-state index in [1.807, 2.05) is 60.8 Å². The van der Waals surface area contributed by atoms with Crippen LogP contribution in [0.25, 0.3) is 21.3 Å². The van der Waals surface area contributed by atoms with Crippen molar-refractivity contribution in [3.63, 3.8) is 0 Å². The maximum Gasteiger partial charge on any atom is 0.263 e. The van der Waals surface area contributed by atoms with E-state index in [1.165, 1.54) is 22.2 Å². The Hall–Kier alpha value is -3.45. The molecule has 0 fully saturated rings. The Morgan fingerprint density at radius 1 is 1.13 bits per heavy atom. The van der Waals surface area contributed by atoms with Crippen molar-refractivity contribution in [1.82, 2.24) is 9.55 Å². The number of rotatable bonds is 5. The van der Waals surface area contributed by atoms with Crippen LogP contribution in [0.5, 0.6) is 5.75 Å². The zero-order chi connectivity index (χ0) is 21.3. The summed E-state index contributed by atoms with van der Waals surface area (Å²) >= 11 is 1.41. The first-order chi connectivity index (χ1) is 14.5. The van der Waals surface area contributed by atoms with Crippen molar-refractivity contribution in [2.24, 2.45) is 0 Å². The van der Waals surface area contributed by atoms with E-state index in [4.69, 9.17) is 4.74 Å². The second-order valence-corrected chi connectivity index (χ2v) is 7.90. The molecule has 4 rings (SSSR count). The Morgan fingerprint density at radius 3 is 2.50 bits per heavy atom. The lowest BCUT2D eigenvalue weighted by Crippen LogP contribution is -2.31. The summed E-state index contributed by atoms with van der Waals surface area (Å²) in [5.74, 6) is 0.471. The van der Waals surface area contributed by atoms with Gasteiger partial charge in [0.05, 0.1) is 18.8 Å². The summed E-state index contributed by atoms with van der Waals surface area (Å²) in [4.78, 5) is 31.1. The molecule has 7 heteroatoms. The van der Waals surface area contributed by atoms with Gasteiger partial charge in [-0.3, -0.25) is 14.2 Å². The smallest absolute Gasteiger partial charge is 0.263 e. The predicted molar refractivity (Wildman–Crippen MR) is 120 cm³/mol. The summed E-state index contributed by atoms with van der Waals surface area (Å²) in [5, 5.41) is 5.29. The zero-order valence-electron chi connectivity index (χ0n) is 16.9. The van der Waals surface area contributed by atoms with Crippen molar-refractivity contribution < 1.29 is 9.53 Å². The van der Waals surface area contributed by atoms with Gasteiger partial charge in [0.2, 0.25) is 5.91 Å². The molecule has 30 heavy (non-hydrogen) atoms. The number of nitrogens with one attached hydrogen (secondary N) is 1. The molecule has 1 N–H and O–H groups in total. The number of aryl methyl sites for hydroxylation is 1. The fourth-order valence-electron chi connectivity index (χ4n) is 3.21. The highest BCUT2D eigenvalue weighted by molar-refractivity contribution is 7.17. The van der Waals surface area contributed by atoms with Crippen molar-refractivity contribution in [3.8, 4) is 16.9 Å². The Labute approximate surface area is 177 Å². The van der Waals surface area contributed by atoms with Crippen LogP contribution in [-0.4, -0.2) is 22.6 Å². The van der Waals surface area contributed by atoms with Crippen LogP contribution in [-0.2, 0) is 4.79 Å². The fourth-order valence-corrected chi connectivity index (χ4v) is 4.12. The molecule has 0 aliphatic heterocycles. The number of thiophene rings is 1. The van der Waals surface area contributed by atoms with Gasteiger partial charge in [0.25, 0.3) is 5.56 Å². The van der Waals surface area contributed by atoms with E-state index in [2.05, 4.69) is 10.3 Å². The first-order valence-corrected chi connectivity index (χ1v) is 10.4. The number of hydrogen-bond acceptors (Lipinski definition) is 5. The largest absolute Gasteiger partial charge is 0.497 e. The first kappa shape index (κ1) is 19.8. The Bertz CT molecular complexity index is 1260. The van der Waals surface area contributed by atoms with E-state index in [9.17, 15) is 9.59 Å². The molecular formula is C23H21N3O3S. The molecule has 1 amide bonds. The van der Waals surface area contributed by atoms with Crippen molar-refractivity contribution in [1.29, 1.82) is 0 Å². The number of carbonyl (C=O) groups is 1. The van der Waals surface area contributed by atoms with Crippen molar-refractivity contribution >= 4 is 33.1 Å². The lowest BCUT2D eigenvalue weighted by atomic mass is 10.1. The monoisotopic (exact) mass is 419 g/mol. The van der Waals surface area contributed by atoms with Gasteiger partial charge >= 0.3 is 0 Å². The quantitative estimate of drug-likeness (QED) is 0.511. The molecule has 6 nitrogen and oxygen atoms in total. The SMILES string of the molecule is COc1ccc(-c2csc3ncn([C@H](C)C(=O)Nc4ccc(C)cc4)c(=O)c23)cc1. The number of methoxy groups -OCH3 is 1. The van der Waals surface area contributed by atoms with Crippen LogP contribution in [0.4, 0.5) is 5.69 Å². The fraction of sp³-hybridized carbons (Fsp3) is 0.174. The van der Waals surface area contributed by atoms with Crippen molar-refractivity contribution in [3.05, 3.63) is 76.2 Å². The first-order valence-electron chi connectivity index (χ1n) is 9.48. The van der Waals surface area contributed by atoms with Crippen LogP contribution in [0.2, 0.25) is 0 Å². The van der Waals surface area contributed by atoms with E-state index in [1.54, 1.807) is 14.0 Å². The topological polar surface area (TPSA) is 73.2 Å². The summed E-state index contributed by atoms with van der Waals surface area (Å²) in [6, 6.07) is 14.3. The van der Waals surface area contributed by atoms with Gasteiger partial charge < -0.3 is 10.1 Å². The number of nitrogens with zero attached hydrogens (tertiary/aromatic N) is 2. The van der Waals surface area contributed by atoms with E-state index >= 15 is 0 Å². The lowest BCUT2D eigenvalue weighted by molar-refractivity contribution is -0.118. The van der Waals surface area contributed by atoms with Gasteiger partial charge in [0, 0.05) is 16.6 Å². The molecule has 0 saturated carbocycles. The van der Waals surface area contributed by atoms with Crippen LogP contribution in [0.3, 0.4) is 0 Å².